The summed E-state index contributed by atoms with van der Waals surface area (Å²) in [6.07, 6.45) is 1.98. The summed E-state index contributed by atoms with van der Waals surface area (Å²) in [5.74, 6) is -14.5. The van der Waals surface area contributed by atoms with Crippen LogP contribution in [0.5, 0.6) is 0 Å². The van der Waals surface area contributed by atoms with E-state index in [0.717, 1.165) is 4.90 Å². The first kappa shape index (κ1) is 89.0. The van der Waals surface area contributed by atoms with E-state index in [0.29, 0.717) is 29.7 Å². The van der Waals surface area contributed by atoms with Gasteiger partial charge in [-0.2, -0.15) is 0 Å². The van der Waals surface area contributed by atoms with Gasteiger partial charge in [-0.3, -0.25) is 67.3 Å². The molecule has 1 aromatic heterocycles. The zero-order valence-corrected chi connectivity index (χ0v) is 63.3. The number of hydrogen-bond donors (Lipinski definition) is 18. The highest BCUT2D eigenvalue weighted by molar-refractivity contribution is 6.01. The highest BCUT2D eigenvalue weighted by Gasteiger charge is 2.44. The highest BCUT2D eigenvalue weighted by Crippen LogP contribution is 2.23. The summed E-state index contributed by atoms with van der Waals surface area (Å²) >= 11 is 0. The van der Waals surface area contributed by atoms with Crippen molar-refractivity contribution in [1.29, 1.82) is 0 Å². The fourth-order valence-electron chi connectivity index (χ4n) is 12.6. The second-order valence-corrected chi connectivity index (χ2v) is 28.5. The second-order valence-electron chi connectivity index (χ2n) is 28.5. The number of nitrogens with two attached hydrogens (primary N) is 5. The molecule has 13 amide bonds. The van der Waals surface area contributed by atoms with Crippen LogP contribution in [0.1, 0.15) is 143 Å². The molecule has 2 aliphatic heterocycles. The monoisotopic (exact) mass is 1520 g/mol. The Morgan fingerprint density at radius 3 is 1.51 bits per heavy atom. The number of aromatic nitrogens is 2. The number of rotatable bonds is 44. The normalized spacial score (nSPS) is 17.7. The molecule has 15 atom stereocenters. The maximum Gasteiger partial charge on any atom is 0.326 e. The van der Waals surface area contributed by atoms with E-state index < -0.39 is 186 Å². The van der Waals surface area contributed by atoms with Crippen LogP contribution in [-0.4, -0.2) is 230 Å². The van der Waals surface area contributed by atoms with Crippen LogP contribution < -0.4 is 81.8 Å². The largest absolute Gasteiger partial charge is 0.480 e. The molecule has 23 N–H and O–H groups in total. The Hall–Kier alpha value is -10.6. The van der Waals surface area contributed by atoms with Gasteiger partial charge in [0.2, 0.25) is 76.8 Å². The summed E-state index contributed by atoms with van der Waals surface area (Å²) in [7, 11) is 0. The van der Waals surface area contributed by atoms with E-state index in [1.807, 2.05) is 0 Å². The van der Waals surface area contributed by atoms with Crippen molar-refractivity contribution in [2.24, 2.45) is 51.4 Å². The van der Waals surface area contributed by atoms with Crippen LogP contribution in [0.3, 0.4) is 0 Å². The predicted molar refractivity (Wildman–Crippen MR) is 400 cm³/mol. The minimum atomic E-state index is -1.80. The number of aliphatic imine (C=N–C) groups is 1. The van der Waals surface area contributed by atoms with E-state index >= 15 is 0 Å². The average Bonchev–Trinajstić information content (AvgIpc) is 1.81. The molecule has 36 nitrogen and oxygen atoms in total. The summed E-state index contributed by atoms with van der Waals surface area (Å²) < 4.78 is 0. The van der Waals surface area contributed by atoms with Crippen molar-refractivity contribution >= 4 is 88.7 Å². The third kappa shape index (κ3) is 27.8. The number of carbonyl (C=O) groups excluding carboxylic acids is 13. The van der Waals surface area contributed by atoms with Gasteiger partial charge >= 0.3 is 5.97 Å². The molecule has 0 radical (unpaired) electrons. The molecule has 0 aliphatic carbocycles. The maximum atomic E-state index is 14.9. The number of primary amides is 1. The Balaban J connectivity index is 1.34. The summed E-state index contributed by atoms with van der Waals surface area (Å²) in [6, 6.07) is -0.666. The number of aromatic amines is 1. The van der Waals surface area contributed by atoms with Crippen molar-refractivity contribution in [3.8, 4) is 0 Å². The Morgan fingerprint density at radius 1 is 0.541 bits per heavy atom. The van der Waals surface area contributed by atoms with Crippen LogP contribution in [0.25, 0.3) is 0 Å². The van der Waals surface area contributed by atoms with Crippen LogP contribution in [0.4, 0.5) is 0 Å². The lowest BCUT2D eigenvalue weighted by Crippen LogP contribution is -2.63. The molecule has 2 aromatic carbocycles. The molecule has 0 spiro atoms. The molecule has 3 aromatic rings. The van der Waals surface area contributed by atoms with Gasteiger partial charge in [0.15, 0.2) is 5.96 Å². The van der Waals surface area contributed by atoms with Crippen molar-refractivity contribution in [1.82, 2.24) is 72.9 Å². The number of carbonyl (C=O) groups is 14. The first-order valence-electron chi connectivity index (χ1n) is 37.1. The van der Waals surface area contributed by atoms with E-state index in [-0.39, 0.29) is 109 Å². The van der Waals surface area contributed by atoms with Crippen molar-refractivity contribution < 1.29 is 77.3 Å². The number of nitrogens with zero attached hydrogens (tertiary/aromatic N) is 4. The number of nitrogens with one attached hydrogen (secondary N) is 11. The number of aliphatic hydroxyl groups excluding tert-OH is 1. The summed E-state index contributed by atoms with van der Waals surface area (Å²) in [5.41, 5.74) is 30.4. The number of likely N-dealkylation sites (tertiary alicyclic amines) is 2. The molecular weight excluding hydrogens is 1410 g/mol. The van der Waals surface area contributed by atoms with Crippen LogP contribution in [0, 0.1) is 17.8 Å². The molecule has 600 valence electrons. The molecule has 5 rings (SSSR count). The molecule has 2 saturated heterocycles. The lowest BCUT2D eigenvalue weighted by atomic mass is 9.95. The van der Waals surface area contributed by atoms with E-state index in [4.69, 9.17) is 28.7 Å². The number of benzene rings is 2. The minimum Gasteiger partial charge on any atom is -0.480 e. The quantitative estimate of drug-likeness (QED) is 0.0148. The van der Waals surface area contributed by atoms with Gasteiger partial charge in [0.25, 0.3) is 0 Å². The molecule has 0 unspecified atom stereocenters. The number of aliphatic carboxylic acids is 1. The standard InChI is InChI=1S/C73H112N20O16/c1-9-41(6)58(69(105)89-57(40(4)5)68(104)91-59(43(8)94)71(107)92-31-19-27-53(92)66(102)84-48(26-18-30-80-73(77)78)60(96)82-42(7)70(106)93-32-20-28-54(93)72(108)109)90-65(101)52(36-55(75)95)87-61(97)47(25-16-17-29-74)83-62(98)49(33-44-21-12-10-13-22-44)85-63(99)50(34-45-23-14-11-15-24-45)86-64(100)51(35-46-37-79-38-81-46)88-67(103)56(76)39(2)3/h10-15,21-24,37-43,47-54,56-59,94H,9,16-20,25-36,74,76H2,1-8H3,(H2,75,95)(H,79,81)(H,82,96)(H,83,98)(H,84,102)(H,85,99)(H,86,100)(H,87,97)(H,88,103)(H,89,105)(H,90,101)(H,91,104)(H,108,109)(H4,77,78,80)/t41-,42-,43+,47-,48-,49-,50-,51-,52-,53-,54-,56-,57-,58-,59-/m0/s1. The zero-order valence-electron chi connectivity index (χ0n) is 63.3. The van der Waals surface area contributed by atoms with Crippen LogP contribution in [0.15, 0.2) is 78.2 Å². The van der Waals surface area contributed by atoms with Crippen molar-refractivity contribution in [2.45, 2.75) is 230 Å². The van der Waals surface area contributed by atoms with Gasteiger partial charge in [-0.05, 0) is 107 Å². The molecule has 0 bridgehead atoms. The first-order chi connectivity index (χ1) is 51.6. The number of carboxylic acids is 1. The van der Waals surface area contributed by atoms with E-state index in [2.05, 4.69) is 68.1 Å². The van der Waals surface area contributed by atoms with Gasteiger partial charge in [-0.15, -0.1) is 0 Å². The Labute approximate surface area is 634 Å². The van der Waals surface area contributed by atoms with Gasteiger partial charge < -0.3 is 107 Å². The maximum absolute atomic E-state index is 14.9. The van der Waals surface area contributed by atoms with Crippen LogP contribution in [-0.2, 0) is 86.4 Å². The lowest BCUT2D eigenvalue weighted by molar-refractivity contribution is -0.149. The van der Waals surface area contributed by atoms with Gasteiger partial charge in [0.1, 0.15) is 72.5 Å². The van der Waals surface area contributed by atoms with Crippen molar-refractivity contribution in [2.75, 3.05) is 26.2 Å². The van der Waals surface area contributed by atoms with Gasteiger partial charge in [0, 0.05) is 50.8 Å². The molecule has 2 aliphatic rings. The predicted octanol–water partition coefficient (Wildman–Crippen LogP) is -3.50. The smallest absolute Gasteiger partial charge is 0.326 e. The number of unbranched alkanes of at least 4 members (excludes halogenated alkanes) is 1. The van der Waals surface area contributed by atoms with Crippen LogP contribution >= 0.6 is 0 Å². The number of amides is 13. The second kappa shape index (κ2) is 44.0. The number of guanidine groups is 1. The molecule has 2 fully saturated rings. The van der Waals surface area contributed by atoms with E-state index in [1.165, 1.54) is 31.3 Å². The molecule has 36 heteroatoms. The third-order valence-electron chi connectivity index (χ3n) is 19.1. The molecule has 109 heavy (non-hydrogen) atoms. The number of carboxylic acid groups (broad SMARTS) is 1. The lowest BCUT2D eigenvalue weighted by Gasteiger charge is -2.33. The third-order valence-corrected chi connectivity index (χ3v) is 19.1. The van der Waals surface area contributed by atoms with Crippen molar-refractivity contribution in [3.63, 3.8) is 0 Å². The Kier molecular flexibility index (Phi) is 35.9. The highest BCUT2D eigenvalue weighted by atomic mass is 16.4. The Bertz CT molecular complexity index is 3600. The number of hydrogen-bond acceptors (Lipinski definition) is 19. The van der Waals surface area contributed by atoms with Gasteiger partial charge in [0.05, 0.1) is 24.9 Å². The SMILES string of the molecule is CC[C@H](C)[C@H](NC(=O)[C@H](CC(N)=O)NC(=O)[C@H](CCCCN)NC(=O)[C@H](Cc1ccccc1)NC(=O)[C@H](Cc1ccccc1)NC(=O)[C@H](Cc1cnc[nH]1)NC(=O)[C@@H](N)C(C)C)C(=O)N[C@H](C(=O)N[C@H](C(=O)N1CCC[C@H]1C(=O)N[C@@H](CCCN=C(N)N)C(=O)N[C@@H](C)C(=O)N1CCC[C@H]1C(=O)O)[C@@H](C)O)C(C)C. The fourth-order valence-corrected chi connectivity index (χ4v) is 12.6. The van der Waals surface area contributed by atoms with Gasteiger partial charge in [-0.1, -0.05) is 109 Å². The molecule has 0 saturated carbocycles. The number of H-pyrrole nitrogens is 1. The summed E-state index contributed by atoms with van der Waals surface area (Å²) in [5, 5.41) is 47.3. The Morgan fingerprint density at radius 2 is 1.01 bits per heavy atom. The molecule has 3 heterocycles. The summed E-state index contributed by atoms with van der Waals surface area (Å²) in [6.45, 7) is 12.9. The average molecular weight is 1530 g/mol. The topological polar surface area (TPSA) is 577 Å². The zero-order chi connectivity index (χ0) is 80.8. The number of imidazole rings is 1. The number of aliphatic hydroxyl groups is 1. The minimum absolute atomic E-state index is 0.0316. The van der Waals surface area contributed by atoms with Gasteiger partial charge in [-0.25, -0.2) is 9.78 Å². The summed E-state index contributed by atoms with van der Waals surface area (Å²) in [4.78, 5) is 210. The fraction of sp³-hybridized carbons (Fsp3) is 0.589. The van der Waals surface area contributed by atoms with Crippen molar-refractivity contribution in [3.05, 3.63) is 90.0 Å². The van der Waals surface area contributed by atoms with E-state index in [1.54, 1.807) is 102 Å². The van der Waals surface area contributed by atoms with E-state index in [9.17, 15) is 77.3 Å². The first-order valence-corrected chi connectivity index (χ1v) is 37.1. The molecular formula is C73H112N20O16. The van der Waals surface area contributed by atoms with Crippen LogP contribution in [0.2, 0.25) is 0 Å².